The van der Waals surface area contributed by atoms with E-state index in [1.807, 2.05) is 68.4 Å². The lowest BCUT2D eigenvalue weighted by molar-refractivity contribution is -0.122. The van der Waals surface area contributed by atoms with Crippen molar-refractivity contribution in [2.24, 2.45) is 5.10 Å². The molecule has 1 aromatic heterocycles. The Bertz CT molecular complexity index is 1600. The number of aromatic nitrogens is 2. The average Bonchev–Trinajstić information content (AvgIpc) is 3.40. The summed E-state index contributed by atoms with van der Waals surface area (Å²) in [6.45, 7) is 3.63. The quantitative estimate of drug-likeness (QED) is 0.368. The van der Waals surface area contributed by atoms with E-state index in [-0.39, 0.29) is 17.2 Å². The van der Waals surface area contributed by atoms with Crippen LogP contribution < -0.4 is 10.6 Å². The second-order valence-corrected chi connectivity index (χ2v) is 9.66. The van der Waals surface area contributed by atoms with Gasteiger partial charge in [-0.25, -0.2) is 4.68 Å². The highest BCUT2D eigenvalue weighted by atomic mass is 127. The fourth-order valence-electron chi connectivity index (χ4n) is 5.20. The van der Waals surface area contributed by atoms with E-state index in [4.69, 9.17) is 0 Å². The zero-order chi connectivity index (χ0) is 23.8. The Hall–Kier alpha value is -3.66. The van der Waals surface area contributed by atoms with Gasteiger partial charge in [0.25, 0.3) is 11.5 Å². The zero-order valence-corrected chi connectivity index (χ0v) is 20.5. The van der Waals surface area contributed by atoms with Gasteiger partial charge in [-0.15, -0.1) is 0 Å². The highest BCUT2D eigenvalue weighted by molar-refractivity contribution is 14.1. The SMILES string of the molecule is CC1=NN(c2ccccc2)C(=O)C12c1ccccc1-n1c(=O)c(-c3cc(I)ccc3O)c(C)n12. The van der Waals surface area contributed by atoms with Crippen LogP contribution in [-0.2, 0) is 10.3 Å². The van der Waals surface area contributed by atoms with E-state index in [2.05, 4.69) is 27.7 Å². The number of anilines is 1. The van der Waals surface area contributed by atoms with E-state index in [1.165, 1.54) is 5.01 Å². The molecule has 0 radical (unpaired) electrons. The highest BCUT2D eigenvalue weighted by Gasteiger charge is 2.59. The minimum atomic E-state index is -1.30. The monoisotopic (exact) mass is 562 g/mol. The number of halogens is 1. The first kappa shape index (κ1) is 20.9. The van der Waals surface area contributed by atoms with E-state index < -0.39 is 5.54 Å². The number of phenolic OH excluding ortho intramolecular Hbond substituents is 1. The van der Waals surface area contributed by atoms with Crippen LogP contribution in [0.15, 0.2) is 82.7 Å². The van der Waals surface area contributed by atoms with Gasteiger partial charge >= 0.3 is 0 Å². The van der Waals surface area contributed by atoms with E-state index in [9.17, 15) is 14.7 Å². The Kier molecular flexibility index (Phi) is 4.41. The van der Waals surface area contributed by atoms with Crippen LogP contribution in [-0.4, -0.2) is 26.1 Å². The average molecular weight is 562 g/mol. The molecule has 1 atom stereocenters. The Morgan fingerprint density at radius 2 is 1.65 bits per heavy atom. The Balaban J connectivity index is 1.69. The normalized spacial score (nSPS) is 18.4. The van der Waals surface area contributed by atoms with E-state index >= 15 is 0 Å². The van der Waals surface area contributed by atoms with Crippen molar-refractivity contribution in [2.45, 2.75) is 19.4 Å². The largest absolute Gasteiger partial charge is 0.507 e. The van der Waals surface area contributed by atoms with Crippen molar-refractivity contribution < 1.29 is 9.90 Å². The topological polar surface area (TPSA) is 79.8 Å². The van der Waals surface area contributed by atoms with Crippen molar-refractivity contribution in [1.82, 2.24) is 9.36 Å². The molecule has 0 saturated carbocycles. The number of phenols is 1. The summed E-state index contributed by atoms with van der Waals surface area (Å²) in [6.07, 6.45) is 0. The van der Waals surface area contributed by atoms with Gasteiger partial charge in [0.2, 0.25) is 5.54 Å². The minimum Gasteiger partial charge on any atom is -0.507 e. The number of hydrogen-bond donors (Lipinski definition) is 1. The molecule has 3 heterocycles. The van der Waals surface area contributed by atoms with Gasteiger partial charge in [-0.05, 0) is 72.8 Å². The number of hydrogen-bond acceptors (Lipinski definition) is 4. The van der Waals surface area contributed by atoms with Crippen LogP contribution >= 0.6 is 22.6 Å². The van der Waals surface area contributed by atoms with Gasteiger partial charge in [0.1, 0.15) is 5.75 Å². The molecule has 34 heavy (non-hydrogen) atoms. The van der Waals surface area contributed by atoms with Crippen molar-refractivity contribution in [3.8, 4) is 22.6 Å². The predicted molar refractivity (Wildman–Crippen MR) is 139 cm³/mol. The Labute approximate surface area is 208 Å². The van der Waals surface area contributed by atoms with Crippen molar-refractivity contribution in [2.75, 3.05) is 5.01 Å². The molecule has 2 aliphatic heterocycles. The second-order valence-electron chi connectivity index (χ2n) is 8.42. The van der Waals surface area contributed by atoms with Crippen LogP contribution in [0.25, 0.3) is 16.8 Å². The lowest BCUT2D eigenvalue weighted by Crippen LogP contribution is -2.48. The third kappa shape index (κ3) is 2.48. The first-order valence-corrected chi connectivity index (χ1v) is 11.8. The maximum Gasteiger partial charge on any atom is 0.285 e. The molecule has 4 aromatic rings. The molecule has 1 N–H and O–H groups in total. The van der Waals surface area contributed by atoms with Gasteiger partial charge in [-0.3, -0.25) is 14.3 Å². The number of aromatic hydroxyl groups is 1. The number of carbonyl (C=O) groups is 1. The molecular formula is C26H19IN4O3. The summed E-state index contributed by atoms with van der Waals surface area (Å²) in [7, 11) is 0. The lowest BCUT2D eigenvalue weighted by Gasteiger charge is -2.27. The molecular weight excluding hydrogens is 543 g/mol. The minimum absolute atomic E-state index is 0.0156. The van der Waals surface area contributed by atoms with Crippen LogP contribution in [0.4, 0.5) is 5.69 Å². The summed E-state index contributed by atoms with van der Waals surface area (Å²) in [5, 5.41) is 16.7. The van der Waals surface area contributed by atoms with Crippen molar-refractivity contribution in [1.29, 1.82) is 0 Å². The summed E-state index contributed by atoms with van der Waals surface area (Å²) >= 11 is 2.15. The second kappa shape index (κ2) is 7.17. The molecule has 0 saturated heterocycles. The van der Waals surface area contributed by atoms with Crippen molar-refractivity contribution in [3.63, 3.8) is 0 Å². The Morgan fingerprint density at radius 1 is 0.941 bits per heavy atom. The molecule has 2 aliphatic rings. The number of fused-ring (bicyclic) bond motifs is 5. The summed E-state index contributed by atoms with van der Waals surface area (Å²) in [6, 6.07) is 21.8. The van der Waals surface area contributed by atoms with Gasteiger partial charge in [-0.2, -0.15) is 10.1 Å². The van der Waals surface area contributed by atoms with Crippen LogP contribution in [0.1, 0.15) is 18.2 Å². The maximum atomic E-state index is 14.2. The number of amides is 1. The number of rotatable bonds is 2. The molecule has 168 valence electrons. The Morgan fingerprint density at radius 3 is 2.41 bits per heavy atom. The summed E-state index contributed by atoms with van der Waals surface area (Å²) in [4.78, 5) is 28.1. The molecule has 8 heteroatoms. The first-order chi connectivity index (χ1) is 16.4. The fraction of sp³-hybridized carbons (Fsp3) is 0.115. The number of hydrazone groups is 1. The van der Waals surface area contributed by atoms with Crippen molar-refractivity contribution >= 4 is 39.9 Å². The van der Waals surface area contributed by atoms with Crippen LogP contribution in [0.5, 0.6) is 5.75 Å². The summed E-state index contributed by atoms with van der Waals surface area (Å²) in [5.41, 5.74) is 2.35. The first-order valence-electron chi connectivity index (χ1n) is 10.8. The van der Waals surface area contributed by atoms with Crippen molar-refractivity contribution in [3.05, 3.63) is 98.0 Å². The van der Waals surface area contributed by atoms with E-state index in [1.54, 1.807) is 27.6 Å². The van der Waals surface area contributed by atoms with Gasteiger partial charge in [-0.1, -0.05) is 36.4 Å². The third-order valence-electron chi connectivity index (χ3n) is 6.63. The smallest absolute Gasteiger partial charge is 0.285 e. The fourth-order valence-corrected chi connectivity index (χ4v) is 5.69. The number of nitrogens with zero attached hydrogens (tertiary/aromatic N) is 4. The molecule has 1 unspecified atom stereocenters. The predicted octanol–water partition coefficient (Wildman–Crippen LogP) is 4.40. The summed E-state index contributed by atoms with van der Waals surface area (Å²) in [5.74, 6) is -0.242. The molecule has 7 nitrogen and oxygen atoms in total. The molecule has 1 spiro atoms. The molecule has 0 bridgehead atoms. The third-order valence-corrected chi connectivity index (χ3v) is 7.30. The number of benzene rings is 3. The standard InChI is InChI=1S/C26H19IN4O3/c1-15-23(19-14-17(27)12-13-22(19)32)24(33)30-21-11-7-6-10-20(21)26(31(15)30)16(2)28-29(25(26)34)18-8-4-3-5-9-18/h3-14,32H,1-2H3. The molecule has 1 amide bonds. The molecule has 6 rings (SSSR count). The van der Waals surface area contributed by atoms with E-state index in [0.717, 1.165) is 3.57 Å². The maximum absolute atomic E-state index is 14.2. The molecule has 0 fully saturated rings. The van der Waals surface area contributed by atoms with Gasteiger partial charge in [0.15, 0.2) is 0 Å². The highest BCUT2D eigenvalue weighted by Crippen LogP contribution is 2.46. The van der Waals surface area contributed by atoms with Gasteiger partial charge in [0.05, 0.1) is 22.6 Å². The van der Waals surface area contributed by atoms with Crippen LogP contribution in [0.2, 0.25) is 0 Å². The van der Waals surface area contributed by atoms with Gasteiger partial charge < -0.3 is 5.11 Å². The van der Waals surface area contributed by atoms with Crippen LogP contribution in [0.3, 0.4) is 0 Å². The molecule has 0 aliphatic carbocycles. The number of para-hydroxylation sites is 2. The molecule has 3 aromatic carbocycles. The number of carbonyl (C=O) groups excluding carboxylic acids is 1. The van der Waals surface area contributed by atoms with E-state index in [0.29, 0.717) is 39.5 Å². The van der Waals surface area contributed by atoms with Gasteiger partial charge in [0, 0.05) is 20.4 Å². The zero-order valence-electron chi connectivity index (χ0n) is 18.4. The lowest BCUT2D eigenvalue weighted by atomic mass is 9.85. The van der Waals surface area contributed by atoms with Crippen LogP contribution in [0, 0.1) is 10.5 Å². The summed E-state index contributed by atoms with van der Waals surface area (Å²) < 4.78 is 4.18.